The van der Waals surface area contributed by atoms with Gasteiger partial charge in [0.2, 0.25) is 5.96 Å². The van der Waals surface area contributed by atoms with Crippen molar-refractivity contribution in [2.75, 3.05) is 0 Å². The molecular weight excluding hydrogens is 324 g/mol. The number of carbonyl (C=O) groups is 2. The van der Waals surface area contributed by atoms with Gasteiger partial charge in [0.15, 0.2) is 0 Å². The van der Waals surface area contributed by atoms with Crippen LogP contribution in [0.3, 0.4) is 0 Å². The van der Waals surface area contributed by atoms with Gasteiger partial charge in [-0.05, 0) is 61.5 Å². The summed E-state index contributed by atoms with van der Waals surface area (Å²) >= 11 is 0. The lowest BCUT2D eigenvalue weighted by molar-refractivity contribution is 0.0323. The number of carbonyl (C=O) groups excluding carboxylic acids is 2. The summed E-state index contributed by atoms with van der Waals surface area (Å²) in [6, 6.07) is 1.35. The summed E-state index contributed by atoms with van der Waals surface area (Å²) in [5.74, 6) is 0.0171. The lowest BCUT2D eigenvalue weighted by Crippen LogP contribution is -2.48. The SMILES string of the molecule is CC(C)N(C(=O)OC(C)(C)C)/C(=N/C(=O)OC(C)(C)C)n1cccn1. The van der Waals surface area contributed by atoms with Gasteiger partial charge in [-0.2, -0.15) is 5.10 Å². The Hall–Kier alpha value is -2.38. The molecule has 0 aliphatic rings. The largest absolute Gasteiger partial charge is 0.443 e. The Bertz CT molecular complexity index is 622. The first-order valence-corrected chi connectivity index (χ1v) is 8.14. The van der Waals surface area contributed by atoms with E-state index in [4.69, 9.17) is 9.47 Å². The zero-order chi connectivity index (χ0) is 19.4. The van der Waals surface area contributed by atoms with E-state index in [0.29, 0.717) is 0 Å². The van der Waals surface area contributed by atoms with Crippen LogP contribution >= 0.6 is 0 Å². The van der Waals surface area contributed by atoms with Gasteiger partial charge < -0.3 is 9.47 Å². The van der Waals surface area contributed by atoms with Crippen LogP contribution in [0.4, 0.5) is 9.59 Å². The van der Waals surface area contributed by atoms with E-state index in [-0.39, 0.29) is 12.0 Å². The van der Waals surface area contributed by atoms with Gasteiger partial charge in [0.1, 0.15) is 11.2 Å². The fraction of sp³-hybridized carbons (Fsp3) is 0.647. The van der Waals surface area contributed by atoms with Crippen LogP contribution in [0.15, 0.2) is 23.5 Å². The highest BCUT2D eigenvalue weighted by Crippen LogP contribution is 2.15. The zero-order valence-electron chi connectivity index (χ0n) is 16.2. The molecule has 0 atom stereocenters. The molecule has 0 fully saturated rings. The van der Waals surface area contributed by atoms with Crippen LogP contribution in [-0.2, 0) is 9.47 Å². The highest BCUT2D eigenvalue weighted by Gasteiger charge is 2.30. The molecule has 8 nitrogen and oxygen atoms in total. The number of rotatable bonds is 1. The number of amides is 2. The Kier molecular flexibility index (Phi) is 6.34. The number of nitrogens with zero attached hydrogens (tertiary/aromatic N) is 4. The lowest BCUT2D eigenvalue weighted by Gasteiger charge is -2.30. The molecule has 1 heterocycles. The molecule has 25 heavy (non-hydrogen) atoms. The van der Waals surface area contributed by atoms with E-state index in [0.717, 1.165) is 0 Å². The fourth-order valence-electron chi connectivity index (χ4n) is 1.80. The Morgan fingerprint density at radius 2 is 1.64 bits per heavy atom. The van der Waals surface area contributed by atoms with Crippen LogP contribution in [0, 0.1) is 0 Å². The molecule has 0 radical (unpaired) electrons. The first kappa shape index (κ1) is 20.7. The summed E-state index contributed by atoms with van der Waals surface area (Å²) in [6.45, 7) is 14.1. The molecule has 0 spiro atoms. The van der Waals surface area contributed by atoms with E-state index in [1.807, 2.05) is 0 Å². The maximum atomic E-state index is 12.6. The van der Waals surface area contributed by atoms with Crippen molar-refractivity contribution < 1.29 is 19.1 Å². The number of hydrogen-bond acceptors (Lipinski definition) is 5. The molecule has 0 N–H and O–H groups in total. The summed E-state index contributed by atoms with van der Waals surface area (Å²) in [5.41, 5.74) is -1.39. The van der Waals surface area contributed by atoms with Crippen LogP contribution in [0.25, 0.3) is 0 Å². The van der Waals surface area contributed by atoms with E-state index in [1.54, 1.807) is 67.7 Å². The number of aliphatic imine (C=N–C) groups is 1. The normalized spacial score (nSPS) is 12.9. The topological polar surface area (TPSA) is 86.0 Å². The highest BCUT2D eigenvalue weighted by atomic mass is 16.6. The Labute approximate surface area is 148 Å². The first-order chi connectivity index (χ1) is 11.3. The molecule has 140 valence electrons. The van der Waals surface area contributed by atoms with Crippen molar-refractivity contribution >= 4 is 18.1 Å². The molecule has 0 saturated heterocycles. The van der Waals surface area contributed by atoms with Crippen LogP contribution in [0.5, 0.6) is 0 Å². The molecule has 1 aromatic heterocycles. The van der Waals surface area contributed by atoms with E-state index < -0.39 is 23.4 Å². The second kappa shape index (κ2) is 7.67. The van der Waals surface area contributed by atoms with Gasteiger partial charge in [-0.25, -0.2) is 19.2 Å². The van der Waals surface area contributed by atoms with Gasteiger partial charge in [0.25, 0.3) is 0 Å². The third-order valence-corrected chi connectivity index (χ3v) is 2.62. The second-order valence-electron chi connectivity index (χ2n) is 7.79. The molecule has 1 rings (SSSR count). The van der Waals surface area contributed by atoms with Crippen LogP contribution in [-0.4, -0.2) is 50.1 Å². The summed E-state index contributed by atoms with van der Waals surface area (Å²) in [4.78, 5) is 30.0. The predicted octanol–water partition coefficient (Wildman–Crippen LogP) is 3.67. The maximum absolute atomic E-state index is 12.6. The minimum Gasteiger partial charge on any atom is -0.443 e. The fourth-order valence-corrected chi connectivity index (χ4v) is 1.80. The third kappa shape index (κ3) is 6.94. The van der Waals surface area contributed by atoms with Crippen molar-refractivity contribution in [3.63, 3.8) is 0 Å². The smallest absolute Gasteiger partial charge is 0.437 e. The summed E-state index contributed by atoms with van der Waals surface area (Å²) in [7, 11) is 0. The monoisotopic (exact) mass is 352 g/mol. The Balaban J connectivity index is 3.28. The molecule has 0 saturated carbocycles. The van der Waals surface area contributed by atoms with Crippen molar-refractivity contribution in [2.24, 2.45) is 4.99 Å². The van der Waals surface area contributed by atoms with E-state index in [1.165, 1.54) is 15.8 Å². The maximum Gasteiger partial charge on any atom is 0.437 e. The molecule has 0 bridgehead atoms. The Morgan fingerprint density at radius 1 is 1.08 bits per heavy atom. The highest BCUT2D eigenvalue weighted by molar-refractivity contribution is 6.00. The van der Waals surface area contributed by atoms with E-state index >= 15 is 0 Å². The van der Waals surface area contributed by atoms with Gasteiger partial charge in [-0.1, -0.05) is 0 Å². The van der Waals surface area contributed by atoms with Gasteiger partial charge in [-0.3, -0.25) is 0 Å². The number of hydrogen-bond donors (Lipinski definition) is 0. The third-order valence-electron chi connectivity index (χ3n) is 2.62. The minimum absolute atomic E-state index is 0.0171. The van der Waals surface area contributed by atoms with Crippen molar-refractivity contribution in [1.29, 1.82) is 0 Å². The number of ether oxygens (including phenoxy) is 2. The van der Waals surface area contributed by atoms with Crippen LogP contribution in [0.1, 0.15) is 55.4 Å². The van der Waals surface area contributed by atoms with E-state index in [9.17, 15) is 9.59 Å². The average molecular weight is 352 g/mol. The van der Waals surface area contributed by atoms with Crippen molar-refractivity contribution in [3.8, 4) is 0 Å². The van der Waals surface area contributed by atoms with E-state index in [2.05, 4.69) is 10.1 Å². The quantitative estimate of drug-likeness (QED) is 0.568. The predicted molar refractivity (Wildman–Crippen MR) is 94.5 cm³/mol. The number of aromatic nitrogens is 2. The standard InChI is InChI=1S/C17H28N4O4/c1-12(2)21(15(23)25-17(6,7)8)13(20-11-9-10-18-20)19-14(22)24-16(3,4)5/h9-12H,1-8H3/b19-13+. The molecular formula is C17H28N4O4. The molecule has 0 aliphatic carbocycles. The van der Waals surface area contributed by atoms with Crippen molar-refractivity contribution in [1.82, 2.24) is 14.7 Å². The molecule has 8 heteroatoms. The average Bonchev–Trinajstić information content (AvgIpc) is 2.85. The minimum atomic E-state index is -0.813. The lowest BCUT2D eigenvalue weighted by atomic mass is 10.2. The first-order valence-electron chi connectivity index (χ1n) is 8.14. The van der Waals surface area contributed by atoms with Gasteiger partial charge in [-0.15, -0.1) is 4.99 Å². The van der Waals surface area contributed by atoms with Crippen molar-refractivity contribution in [2.45, 2.75) is 72.6 Å². The summed E-state index contributed by atoms with van der Waals surface area (Å²) < 4.78 is 12.0. The van der Waals surface area contributed by atoms with Gasteiger partial charge in [0.05, 0.1) is 0 Å². The summed E-state index contributed by atoms with van der Waals surface area (Å²) in [6.07, 6.45) is 1.67. The second-order valence-corrected chi connectivity index (χ2v) is 7.79. The molecule has 0 aromatic carbocycles. The Morgan fingerprint density at radius 3 is 2.04 bits per heavy atom. The summed E-state index contributed by atoms with van der Waals surface area (Å²) in [5, 5.41) is 4.08. The zero-order valence-corrected chi connectivity index (χ0v) is 16.2. The molecule has 0 unspecified atom stereocenters. The molecule has 2 amide bonds. The molecule has 1 aromatic rings. The molecule has 0 aliphatic heterocycles. The van der Waals surface area contributed by atoms with Crippen molar-refractivity contribution in [3.05, 3.63) is 18.5 Å². The van der Waals surface area contributed by atoms with Gasteiger partial charge in [0, 0.05) is 18.4 Å². The van der Waals surface area contributed by atoms with Crippen LogP contribution in [0.2, 0.25) is 0 Å². The van der Waals surface area contributed by atoms with Gasteiger partial charge >= 0.3 is 12.2 Å². The van der Waals surface area contributed by atoms with Crippen LogP contribution < -0.4 is 0 Å².